The molecule has 2 rings (SSSR count). The molecule has 0 fully saturated rings. The zero-order valence-corrected chi connectivity index (χ0v) is 11.9. The van der Waals surface area contributed by atoms with Crippen LogP contribution >= 0.6 is 0 Å². The van der Waals surface area contributed by atoms with Gasteiger partial charge in [-0.1, -0.05) is 18.2 Å². The second-order valence-electron chi connectivity index (χ2n) is 4.53. The van der Waals surface area contributed by atoms with E-state index in [1.165, 1.54) is 0 Å². The largest absolute Gasteiger partial charge is 0.494 e. The quantitative estimate of drug-likeness (QED) is 0.876. The maximum atomic E-state index is 11.8. The molecule has 1 heterocycles. The average molecular weight is 272 g/mol. The standard InChI is InChI=1S/C16H20N2O2/c1-3-20-14-9-7-13(8-10-14)15(17-2)12-18-11-5-4-6-16(18)19/h4-11,15,17H,3,12H2,1-2H3. The van der Waals surface area contributed by atoms with E-state index in [4.69, 9.17) is 4.74 Å². The highest BCUT2D eigenvalue weighted by Crippen LogP contribution is 2.18. The molecule has 20 heavy (non-hydrogen) atoms. The molecule has 1 unspecified atom stereocenters. The van der Waals surface area contributed by atoms with E-state index in [0.717, 1.165) is 11.3 Å². The highest BCUT2D eigenvalue weighted by molar-refractivity contribution is 5.29. The lowest BCUT2D eigenvalue weighted by Crippen LogP contribution is -2.27. The van der Waals surface area contributed by atoms with Crippen molar-refractivity contribution in [3.05, 3.63) is 64.6 Å². The lowest BCUT2D eigenvalue weighted by atomic mass is 10.1. The van der Waals surface area contributed by atoms with Gasteiger partial charge in [-0.05, 0) is 37.7 Å². The molecule has 0 aliphatic carbocycles. The van der Waals surface area contributed by atoms with Crippen molar-refractivity contribution in [3.8, 4) is 5.75 Å². The number of benzene rings is 1. The molecule has 1 N–H and O–H groups in total. The Hall–Kier alpha value is -2.07. The number of rotatable bonds is 6. The smallest absolute Gasteiger partial charge is 0.250 e. The molecule has 2 aromatic rings. The Morgan fingerprint density at radius 2 is 1.95 bits per heavy atom. The minimum absolute atomic E-state index is 0.0127. The normalized spacial score (nSPS) is 12.1. The van der Waals surface area contributed by atoms with E-state index < -0.39 is 0 Å². The minimum Gasteiger partial charge on any atom is -0.494 e. The number of hydrogen-bond donors (Lipinski definition) is 1. The Labute approximate surface area is 119 Å². The summed E-state index contributed by atoms with van der Waals surface area (Å²) in [6.07, 6.45) is 1.81. The van der Waals surface area contributed by atoms with Crippen LogP contribution in [0.25, 0.3) is 0 Å². The number of hydrogen-bond acceptors (Lipinski definition) is 3. The van der Waals surface area contributed by atoms with Crippen molar-refractivity contribution in [1.82, 2.24) is 9.88 Å². The summed E-state index contributed by atoms with van der Waals surface area (Å²) in [6.45, 7) is 3.23. The molecule has 0 bridgehead atoms. The van der Waals surface area contributed by atoms with Crippen LogP contribution in [0.5, 0.6) is 5.75 Å². The van der Waals surface area contributed by atoms with Gasteiger partial charge < -0.3 is 14.6 Å². The maximum Gasteiger partial charge on any atom is 0.250 e. The van der Waals surface area contributed by atoms with Gasteiger partial charge in [0, 0.05) is 18.8 Å². The predicted octanol–water partition coefficient (Wildman–Crippen LogP) is 2.21. The molecule has 4 heteroatoms. The fourth-order valence-corrected chi connectivity index (χ4v) is 2.13. The minimum atomic E-state index is 0.0127. The molecule has 1 aromatic carbocycles. The van der Waals surface area contributed by atoms with E-state index in [1.807, 2.05) is 44.3 Å². The molecule has 0 saturated carbocycles. The van der Waals surface area contributed by atoms with Gasteiger partial charge in [-0.25, -0.2) is 0 Å². The molecule has 0 aliphatic rings. The molecule has 0 radical (unpaired) electrons. The predicted molar refractivity (Wildman–Crippen MR) is 80.1 cm³/mol. The summed E-state index contributed by atoms with van der Waals surface area (Å²) < 4.78 is 7.14. The second kappa shape index (κ2) is 6.91. The molecular formula is C16H20N2O2. The maximum absolute atomic E-state index is 11.8. The Bertz CT molecular complexity index is 590. The summed E-state index contributed by atoms with van der Waals surface area (Å²) in [7, 11) is 1.90. The molecular weight excluding hydrogens is 252 g/mol. The lowest BCUT2D eigenvalue weighted by Gasteiger charge is -2.18. The van der Waals surface area contributed by atoms with Crippen LogP contribution in [-0.2, 0) is 6.54 Å². The van der Waals surface area contributed by atoms with Gasteiger partial charge in [0.25, 0.3) is 5.56 Å². The molecule has 0 spiro atoms. The second-order valence-corrected chi connectivity index (χ2v) is 4.53. The third-order valence-electron chi connectivity index (χ3n) is 3.22. The molecule has 1 atom stereocenters. The zero-order valence-electron chi connectivity index (χ0n) is 11.9. The van der Waals surface area contributed by atoms with Crippen molar-refractivity contribution in [2.24, 2.45) is 0 Å². The van der Waals surface area contributed by atoms with Crippen LogP contribution in [0.4, 0.5) is 0 Å². The third kappa shape index (κ3) is 3.48. The van der Waals surface area contributed by atoms with Gasteiger partial charge in [0.1, 0.15) is 5.75 Å². The first-order valence-corrected chi connectivity index (χ1v) is 6.80. The first kappa shape index (κ1) is 14.3. The number of aromatic nitrogens is 1. The van der Waals surface area contributed by atoms with Crippen molar-refractivity contribution in [2.75, 3.05) is 13.7 Å². The fourth-order valence-electron chi connectivity index (χ4n) is 2.13. The number of nitrogens with one attached hydrogen (secondary N) is 1. The first-order valence-electron chi connectivity index (χ1n) is 6.80. The summed E-state index contributed by atoms with van der Waals surface area (Å²) in [5, 5.41) is 3.24. The van der Waals surface area contributed by atoms with Gasteiger partial charge in [-0.2, -0.15) is 0 Å². The number of nitrogens with zero attached hydrogens (tertiary/aromatic N) is 1. The van der Waals surface area contributed by atoms with Gasteiger partial charge in [0.2, 0.25) is 0 Å². The number of pyridine rings is 1. The number of ether oxygens (including phenoxy) is 1. The van der Waals surface area contributed by atoms with Crippen molar-refractivity contribution in [1.29, 1.82) is 0 Å². The topological polar surface area (TPSA) is 43.3 Å². The molecule has 4 nitrogen and oxygen atoms in total. The zero-order chi connectivity index (χ0) is 14.4. The van der Waals surface area contributed by atoms with E-state index in [1.54, 1.807) is 22.9 Å². The van der Waals surface area contributed by atoms with Crippen molar-refractivity contribution in [3.63, 3.8) is 0 Å². The number of likely N-dealkylation sites (N-methyl/N-ethyl adjacent to an activating group) is 1. The molecule has 0 aliphatic heterocycles. The summed E-state index contributed by atoms with van der Waals surface area (Å²) in [6, 6.07) is 13.3. The summed E-state index contributed by atoms with van der Waals surface area (Å²) in [5.41, 5.74) is 1.14. The summed E-state index contributed by atoms with van der Waals surface area (Å²) in [4.78, 5) is 11.8. The lowest BCUT2D eigenvalue weighted by molar-refractivity contribution is 0.340. The van der Waals surface area contributed by atoms with Crippen LogP contribution in [0.15, 0.2) is 53.5 Å². The summed E-state index contributed by atoms with van der Waals surface area (Å²) >= 11 is 0. The average Bonchev–Trinajstić information content (AvgIpc) is 2.48. The first-order chi connectivity index (χ1) is 9.74. The van der Waals surface area contributed by atoms with Crippen molar-refractivity contribution in [2.45, 2.75) is 19.5 Å². The van der Waals surface area contributed by atoms with Gasteiger partial charge in [0.15, 0.2) is 0 Å². The molecule has 1 aromatic heterocycles. The van der Waals surface area contributed by atoms with Crippen molar-refractivity contribution >= 4 is 0 Å². The highest BCUT2D eigenvalue weighted by Gasteiger charge is 2.10. The Morgan fingerprint density at radius 3 is 2.55 bits per heavy atom. The molecule has 0 amide bonds. The summed E-state index contributed by atoms with van der Waals surface area (Å²) in [5.74, 6) is 0.864. The third-order valence-corrected chi connectivity index (χ3v) is 3.22. The Morgan fingerprint density at radius 1 is 1.20 bits per heavy atom. The van der Waals surface area contributed by atoms with Crippen molar-refractivity contribution < 1.29 is 4.74 Å². The van der Waals surface area contributed by atoms with Gasteiger partial charge in [-0.15, -0.1) is 0 Å². The van der Waals surface area contributed by atoms with Crippen LogP contribution < -0.4 is 15.6 Å². The van der Waals surface area contributed by atoms with E-state index in [9.17, 15) is 4.79 Å². The van der Waals surface area contributed by atoms with E-state index in [0.29, 0.717) is 13.2 Å². The van der Waals surface area contributed by atoms with Gasteiger partial charge in [0.05, 0.1) is 12.6 Å². The van der Waals surface area contributed by atoms with Crippen LogP contribution in [0.3, 0.4) is 0 Å². The van der Waals surface area contributed by atoms with E-state index in [2.05, 4.69) is 5.32 Å². The van der Waals surface area contributed by atoms with Crippen LogP contribution in [-0.4, -0.2) is 18.2 Å². The van der Waals surface area contributed by atoms with E-state index >= 15 is 0 Å². The van der Waals surface area contributed by atoms with Crippen LogP contribution in [0, 0.1) is 0 Å². The van der Waals surface area contributed by atoms with Crippen LogP contribution in [0.2, 0.25) is 0 Å². The molecule has 0 saturated heterocycles. The highest BCUT2D eigenvalue weighted by atomic mass is 16.5. The van der Waals surface area contributed by atoms with Gasteiger partial charge >= 0.3 is 0 Å². The van der Waals surface area contributed by atoms with Gasteiger partial charge in [-0.3, -0.25) is 4.79 Å². The monoisotopic (exact) mass is 272 g/mol. The van der Waals surface area contributed by atoms with Crippen LogP contribution in [0.1, 0.15) is 18.5 Å². The molecule has 106 valence electrons. The Kier molecular flexibility index (Phi) is 4.96. The Balaban J connectivity index is 2.16. The van der Waals surface area contributed by atoms with E-state index in [-0.39, 0.29) is 11.6 Å². The SMILES string of the molecule is CCOc1ccc(C(Cn2ccccc2=O)NC)cc1. The fraction of sp³-hybridized carbons (Fsp3) is 0.312.